The van der Waals surface area contributed by atoms with Crippen molar-refractivity contribution in [3.05, 3.63) is 71.4 Å². The number of hydrogen-bond acceptors (Lipinski definition) is 4. The lowest BCUT2D eigenvalue weighted by molar-refractivity contribution is 0.442. The van der Waals surface area contributed by atoms with Gasteiger partial charge in [-0.2, -0.15) is 0 Å². The van der Waals surface area contributed by atoms with Crippen LogP contribution in [0.25, 0.3) is 11.1 Å². The summed E-state index contributed by atoms with van der Waals surface area (Å²) in [5, 5.41) is 0. The van der Waals surface area contributed by atoms with Gasteiger partial charge in [-0.05, 0) is 24.3 Å². The standard InChI is InChI=1S/C15H11N3O2/c19-14-13(7-4-8-16-14)11-9-17-15(18-10-11)20-12-5-2-1-3-6-12/h1-10H,(H,16,19). The van der Waals surface area contributed by atoms with Gasteiger partial charge in [0.15, 0.2) is 0 Å². The molecule has 0 radical (unpaired) electrons. The van der Waals surface area contributed by atoms with E-state index in [9.17, 15) is 4.79 Å². The summed E-state index contributed by atoms with van der Waals surface area (Å²) in [5.41, 5.74) is 0.999. The Bertz CT molecular complexity index is 752. The van der Waals surface area contributed by atoms with Crippen LogP contribution in [0.4, 0.5) is 0 Å². The third-order valence-corrected chi connectivity index (χ3v) is 2.71. The number of nitrogens with one attached hydrogen (secondary N) is 1. The van der Waals surface area contributed by atoms with Gasteiger partial charge in [-0.25, -0.2) is 9.97 Å². The van der Waals surface area contributed by atoms with Crippen molar-refractivity contribution >= 4 is 0 Å². The maximum atomic E-state index is 11.7. The van der Waals surface area contributed by atoms with Crippen molar-refractivity contribution < 1.29 is 4.74 Å². The summed E-state index contributed by atoms with van der Waals surface area (Å²) in [6.07, 6.45) is 4.71. The molecule has 0 aliphatic rings. The fourth-order valence-corrected chi connectivity index (χ4v) is 1.75. The monoisotopic (exact) mass is 265 g/mol. The Morgan fingerprint density at radius 2 is 1.70 bits per heavy atom. The number of ether oxygens (including phenoxy) is 1. The van der Waals surface area contributed by atoms with Crippen LogP contribution in [-0.2, 0) is 0 Å². The molecule has 20 heavy (non-hydrogen) atoms. The second-order valence-corrected chi connectivity index (χ2v) is 4.08. The number of nitrogens with zero attached hydrogens (tertiary/aromatic N) is 2. The van der Waals surface area contributed by atoms with Crippen LogP contribution in [0.3, 0.4) is 0 Å². The van der Waals surface area contributed by atoms with Gasteiger partial charge in [-0.1, -0.05) is 18.2 Å². The van der Waals surface area contributed by atoms with Crippen LogP contribution in [0.5, 0.6) is 11.8 Å². The van der Waals surface area contributed by atoms with Crippen LogP contribution in [0, 0.1) is 0 Å². The van der Waals surface area contributed by atoms with Gasteiger partial charge in [0.25, 0.3) is 5.56 Å². The van der Waals surface area contributed by atoms with Crippen molar-refractivity contribution in [2.24, 2.45) is 0 Å². The summed E-state index contributed by atoms with van der Waals surface area (Å²) in [5.74, 6) is 0.665. The van der Waals surface area contributed by atoms with Gasteiger partial charge in [-0.3, -0.25) is 4.79 Å². The zero-order valence-electron chi connectivity index (χ0n) is 10.5. The summed E-state index contributed by atoms with van der Waals surface area (Å²) in [6.45, 7) is 0. The molecule has 3 rings (SSSR count). The minimum atomic E-state index is -0.173. The molecule has 1 aromatic carbocycles. The van der Waals surface area contributed by atoms with Crippen LogP contribution in [0.2, 0.25) is 0 Å². The predicted molar refractivity (Wildman–Crippen MR) is 74.6 cm³/mol. The molecule has 1 N–H and O–H groups in total. The Labute approximate surface area is 114 Å². The molecule has 0 saturated carbocycles. The largest absolute Gasteiger partial charge is 0.424 e. The number of pyridine rings is 1. The van der Waals surface area contributed by atoms with Crippen molar-refractivity contribution in [2.45, 2.75) is 0 Å². The smallest absolute Gasteiger partial charge is 0.321 e. The summed E-state index contributed by atoms with van der Waals surface area (Å²) in [6, 6.07) is 13.0. The predicted octanol–water partition coefficient (Wildman–Crippen LogP) is 2.62. The normalized spacial score (nSPS) is 10.2. The molecule has 3 aromatic rings. The Hall–Kier alpha value is -2.95. The molecule has 0 fully saturated rings. The molecule has 2 heterocycles. The summed E-state index contributed by atoms with van der Waals surface area (Å²) in [4.78, 5) is 22.5. The van der Waals surface area contributed by atoms with Crippen molar-refractivity contribution in [1.82, 2.24) is 15.0 Å². The topological polar surface area (TPSA) is 67.9 Å². The molecule has 5 nitrogen and oxygen atoms in total. The summed E-state index contributed by atoms with van der Waals surface area (Å²) < 4.78 is 5.49. The summed E-state index contributed by atoms with van der Waals surface area (Å²) >= 11 is 0. The lowest BCUT2D eigenvalue weighted by Gasteiger charge is -2.04. The Balaban J connectivity index is 1.85. The number of H-pyrrole nitrogens is 1. The lowest BCUT2D eigenvalue weighted by atomic mass is 10.1. The highest BCUT2D eigenvalue weighted by atomic mass is 16.5. The Kier molecular flexibility index (Phi) is 3.24. The van der Waals surface area contributed by atoms with Crippen LogP contribution >= 0.6 is 0 Å². The van der Waals surface area contributed by atoms with Crippen LogP contribution < -0.4 is 10.3 Å². The number of aromatic nitrogens is 3. The zero-order chi connectivity index (χ0) is 13.8. The average Bonchev–Trinajstić information content (AvgIpc) is 2.50. The molecular weight excluding hydrogens is 254 g/mol. The van der Waals surface area contributed by atoms with Crippen molar-refractivity contribution in [3.63, 3.8) is 0 Å². The second-order valence-electron chi connectivity index (χ2n) is 4.08. The van der Waals surface area contributed by atoms with Gasteiger partial charge in [-0.15, -0.1) is 0 Å². The molecule has 0 bridgehead atoms. The van der Waals surface area contributed by atoms with E-state index in [1.165, 1.54) is 0 Å². The minimum absolute atomic E-state index is 0.173. The maximum Gasteiger partial charge on any atom is 0.321 e. The molecule has 2 aromatic heterocycles. The number of benzene rings is 1. The average molecular weight is 265 g/mol. The number of hydrogen-bond donors (Lipinski definition) is 1. The molecule has 0 saturated heterocycles. The van der Waals surface area contributed by atoms with Crippen molar-refractivity contribution in [1.29, 1.82) is 0 Å². The number of rotatable bonds is 3. The van der Waals surface area contributed by atoms with E-state index in [1.807, 2.05) is 30.3 Å². The highest BCUT2D eigenvalue weighted by Crippen LogP contribution is 2.18. The van der Waals surface area contributed by atoms with Gasteiger partial charge in [0.05, 0.1) is 5.56 Å². The zero-order valence-corrected chi connectivity index (χ0v) is 10.5. The van der Waals surface area contributed by atoms with Gasteiger partial charge < -0.3 is 9.72 Å². The quantitative estimate of drug-likeness (QED) is 0.790. The van der Waals surface area contributed by atoms with Crippen LogP contribution in [-0.4, -0.2) is 15.0 Å². The molecule has 0 aliphatic carbocycles. The van der Waals surface area contributed by atoms with E-state index in [1.54, 1.807) is 30.7 Å². The Morgan fingerprint density at radius 1 is 0.950 bits per heavy atom. The molecule has 98 valence electrons. The van der Waals surface area contributed by atoms with E-state index in [2.05, 4.69) is 15.0 Å². The van der Waals surface area contributed by atoms with Gasteiger partial charge in [0.1, 0.15) is 5.75 Å². The fourth-order valence-electron chi connectivity index (χ4n) is 1.75. The minimum Gasteiger partial charge on any atom is -0.424 e. The van der Waals surface area contributed by atoms with E-state index < -0.39 is 0 Å². The Morgan fingerprint density at radius 3 is 2.40 bits per heavy atom. The van der Waals surface area contributed by atoms with Crippen LogP contribution in [0.1, 0.15) is 0 Å². The van der Waals surface area contributed by atoms with Crippen molar-refractivity contribution in [3.8, 4) is 22.9 Å². The van der Waals surface area contributed by atoms with Crippen molar-refractivity contribution in [2.75, 3.05) is 0 Å². The first kappa shape index (κ1) is 12.1. The van der Waals surface area contributed by atoms with Gasteiger partial charge in [0, 0.05) is 24.2 Å². The van der Waals surface area contributed by atoms with E-state index in [-0.39, 0.29) is 11.6 Å². The number of aromatic amines is 1. The lowest BCUT2D eigenvalue weighted by Crippen LogP contribution is -2.07. The van der Waals surface area contributed by atoms with E-state index in [0.717, 1.165) is 0 Å². The second kappa shape index (κ2) is 5.36. The van der Waals surface area contributed by atoms with E-state index in [4.69, 9.17) is 4.74 Å². The highest BCUT2D eigenvalue weighted by molar-refractivity contribution is 5.59. The number of para-hydroxylation sites is 1. The molecule has 0 spiro atoms. The third-order valence-electron chi connectivity index (χ3n) is 2.71. The fraction of sp³-hybridized carbons (Fsp3) is 0. The maximum absolute atomic E-state index is 11.7. The first-order valence-electron chi connectivity index (χ1n) is 6.06. The molecular formula is C15H11N3O2. The van der Waals surface area contributed by atoms with Gasteiger partial charge in [0.2, 0.25) is 0 Å². The molecule has 0 amide bonds. The SMILES string of the molecule is O=c1[nH]cccc1-c1cnc(Oc2ccccc2)nc1. The highest BCUT2D eigenvalue weighted by Gasteiger charge is 2.05. The van der Waals surface area contributed by atoms with E-state index in [0.29, 0.717) is 16.9 Å². The first-order valence-corrected chi connectivity index (χ1v) is 6.06. The van der Waals surface area contributed by atoms with Crippen LogP contribution in [0.15, 0.2) is 65.8 Å². The first-order chi connectivity index (χ1) is 9.83. The summed E-state index contributed by atoms with van der Waals surface area (Å²) in [7, 11) is 0. The molecule has 0 unspecified atom stereocenters. The van der Waals surface area contributed by atoms with Gasteiger partial charge >= 0.3 is 6.01 Å². The van der Waals surface area contributed by atoms with E-state index >= 15 is 0 Å². The molecule has 0 aliphatic heterocycles. The molecule has 5 heteroatoms. The molecule has 0 atom stereocenters. The third kappa shape index (κ3) is 2.56.